The molecule has 1 aromatic carbocycles. The molecule has 1 aromatic rings. The lowest BCUT2D eigenvalue weighted by molar-refractivity contribution is -0.106. The number of rotatable bonds is 2. The van der Waals surface area contributed by atoms with E-state index in [0.717, 1.165) is 6.08 Å². The van der Waals surface area contributed by atoms with Crippen LogP contribution in [0.4, 0.5) is 4.39 Å². The Morgan fingerprint density at radius 2 is 1.92 bits per heavy atom. The first-order valence-electron chi connectivity index (χ1n) is 3.30. The van der Waals surface area contributed by atoms with E-state index in [9.17, 15) is 9.18 Å². The van der Waals surface area contributed by atoms with Gasteiger partial charge >= 0.3 is 0 Å². The predicted octanol–water partition coefficient (Wildman–Crippen LogP) is 2.85. The van der Waals surface area contributed by atoms with E-state index in [-0.39, 0.29) is 6.29 Å². The molecule has 0 fully saturated rings. The van der Waals surface area contributed by atoms with E-state index in [1.54, 1.807) is 24.3 Å². The number of carbonyl (C=O) groups is 1. The summed E-state index contributed by atoms with van der Waals surface area (Å²) < 4.78 is 12.4. The second-order valence-electron chi connectivity index (χ2n) is 2.20. The van der Waals surface area contributed by atoms with Crippen LogP contribution in [0.15, 0.2) is 30.1 Å². The third-order valence-electron chi connectivity index (χ3n) is 1.29. The predicted molar refractivity (Wildman–Crippen MR) is 46.6 cm³/mol. The van der Waals surface area contributed by atoms with Gasteiger partial charge < -0.3 is 0 Å². The van der Waals surface area contributed by atoms with Crippen LogP contribution >= 0.6 is 11.6 Å². The lowest BCUT2D eigenvalue weighted by atomic mass is 10.2. The first kappa shape index (κ1) is 8.94. The fourth-order valence-electron chi connectivity index (χ4n) is 0.752. The van der Waals surface area contributed by atoms with E-state index in [0.29, 0.717) is 10.6 Å². The van der Waals surface area contributed by atoms with Crippen LogP contribution in [0, 0.1) is 0 Å². The van der Waals surface area contributed by atoms with Crippen molar-refractivity contribution >= 4 is 24.0 Å². The number of carbonyl (C=O) groups excluding carboxylic acids is 1. The van der Waals surface area contributed by atoms with Crippen LogP contribution in [0.25, 0.3) is 6.08 Å². The van der Waals surface area contributed by atoms with Gasteiger partial charge in [-0.3, -0.25) is 4.79 Å². The van der Waals surface area contributed by atoms with Gasteiger partial charge in [-0.1, -0.05) is 23.7 Å². The van der Waals surface area contributed by atoms with Crippen LogP contribution in [0.5, 0.6) is 0 Å². The summed E-state index contributed by atoms with van der Waals surface area (Å²) in [5.74, 6) is -0.794. The number of hydrogen-bond donors (Lipinski definition) is 0. The van der Waals surface area contributed by atoms with Gasteiger partial charge in [-0.05, 0) is 23.8 Å². The van der Waals surface area contributed by atoms with Crippen molar-refractivity contribution in [1.82, 2.24) is 0 Å². The highest BCUT2D eigenvalue weighted by Crippen LogP contribution is 2.12. The molecule has 0 radical (unpaired) electrons. The molecule has 0 aromatic heterocycles. The Morgan fingerprint density at radius 3 is 2.42 bits per heavy atom. The van der Waals surface area contributed by atoms with E-state index in [1.807, 2.05) is 0 Å². The Labute approximate surface area is 74.5 Å². The SMILES string of the molecule is O=CC(F)=Cc1ccc(Cl)cc1. The Hall–Kier alpha value is -1.15. The number of allylic oxidation sites excluding steroid dienone is 1. The molecule has 1 rings (SSSR count). The monoisotopic (exact) mass is 184 g/mol. The average Bonchev–Trinajstić information content (AvgIpc) is 2.09. The number of aldehydes is 1. The van der Waals surface area contributed by atoms with Gasteiger partial charge in [0.2, 0.25) is 0 Å². The summed E-state index contributed by atoms with van der Waals surface area (Å²) in [7, 11) is 0. The minimum atomic E-state index is -0.794. The molecule has 12 heavy (non-hydrogen) atoms. The first-order valence-corrected chi connectivity index (χ1v) is 3.68. The highest BCUT2D eigenvalue weighted by Gasteiger charge is 1.92. The van der Waals surface area contributed by atoms with Crippen molar-refractivity contribution in [1.29, 1.82) is 0 Å². The third-order valence-corrected chi connectivity index (χ3v) is 1.54. The second-order valence-corrected chi connectivity index (χ2v) is 2.64. The third kappa shape index (κ3) is 2.47. The van der Waals surface area contributed by atoms with Gasteiger partial charge in [-0.2, -0.15) is 0 Å². The summed E-state index contributed by atoms with van der Waals surface area (Å²) in [5.41, 5.74) is 0.615. The maximum Gasteiger partial charge on any atom is 0.178 e. The van der Waals surface area contributed by atoms with Crippen LogP contribution in [0.1, 0.15) is 5.56 Å². The molecule has 0 aliphatic carbocycles. The summed E-state index contributed by atoms with van der Waals surface area (Å²) in [4.78, 5) is 9.91. The Kier molecular flexibility index (Phi) is 3.00. The summed E-state index contributed by atoms with van der Waals surface area (Å²) in [6, 6.07) is 6.52. The number of benzene rings is 1. The quantitative estimate of drug-likeness (QED) is 0.510. The lowest BCUT2D eigenvalue weighted by Crippen LogP contribution is -1.75. The fourth-order valence-corrected chi connectivity index (χ4v) is 0.878. The van der Waals surface area contributed by atoms with Gasteiger partial charge in [0, 0.05) is 5.02 Å². The normalized spacial score (nSPS) is 11.3. The zero-order valence-electron chi connectivity index (χ0n) is 6.13. The summed E-state index contributed by atoms with van der Waals surface area (Å²) in [5, 5.41) is 0.582. The molecule has 3 heteroatoms. The number of halogens is 2. The maximum absolute atomic E-state index is 12.4. The van der Waals surface area contributed by atoms with Crippen LogP contribution in [-0.2, 0) is 4.79 Å². The van der Waals surface area contributed by atoms with Gasteiger partial charge in [0.15, 0.2) is 12.1 Å². The Morgan fingerprint density at radius 1 is 1.33 bits per heavy atom. The first-order chi connectivity index (χ1) is 5.72. The molecule has 0 unspecified atom stereocenters. The van der Waals surface area contributed by atoms with Crippen molar-refractivity contribution in [2.75, 3.05) is 0 Å². The van der Waals surface area contributed by atoms with E-state index in [1.165, 1.54) is 0 Å². The molecule has 0 N–H and O–H groups in total. The number of hydrogen-bond acceptors (Lipinski definition) is 1. The molecule has 62 valence electrons. The zero-order chi connectivity index (χ0) is 8.97. The lowest BCUT2D eigenvalue weighted by Gasteiger charge is -1.92. The van der Waals surface area contributed by atoms with Crippen molar-refractivity contribution in [3.05, 3.63) is 40.7 Å². The van der Waals surface area contributed by atoms with Gasteiger partial charge in [-0.15, -0.1) is 0 Å². The molecule has 0 bridgehead atoms. The van der Waals surface area contributed by atoms with Gasteiger partial charge in [0.05, 0.1) is 0 Å². The molecule has 0 saturated carbocycles. The van der Waals surface area contributed by atoms with Gasteiger partial charge in [-0.25, -0.2) is 4.39 Å². The largest absolute Gasteiger partial charge is 0.295 e. The molecular weight excluding hydrogens is 179 g/mol. The van der Waals surface area contributed by atoms with Crippen LogP contribution in [-0.4, -0.2) is 6.29 Å². The zero-order valence-corrected chi connectivity index (χ0v) is 6.88. The van der Waals surface area contributed by atoms with E-state index < -0.39 is 5.83 Å². The molecule has 0 aliphatic rings. The van der Waals surface area contributed by atoms with Crippen molar-refractivity contribution < 1.29 is 9.18 Å². The molecule has 0 spiro atoms. The molecule has 0 heterocycles. The van der Waals surface area contributed by atoms with E-state index in [2.05, 4.69) is 0 Å². The molecule has 0 aliphatic heterocycles. The maximum atomic E-state index is 12.4. The summed E-state index contributed by atoms with van der Waals surface area (Å²) >= 11 is 5.60. The highest BCUT2D eigenvalue weighted by atomic mass is 35.5. The van der Waals surface area contributed by atoms with Crippen molar-refractivity contribution in [3.8, 4) is 0 Å². The standard InChI is InChI=1S/C9H6ClFO/c10-8-3-1-7(2-4-8)5-9(11)6-12/h1-6H. The van der Waals surface area contributed by atoms with Crippen molar-refractivity contribution in [2.24, 2.45) is 0 Å². The molecule has 1 nitrogen and oxygen atoms in total. The molecular formula is C9H6ClFO. The smallest absolute Gasteiger partial charge is 0.178 e. The average molecular weight is 185 g/mol. The van der Waals surface area contributed by atoms with E-state index in [4.69, 9.17) is 11.6 Å². The fraction of sp³-hybridized carbons (Fsp3) is 0. The van der Waals surface area contributed by atoms with Crippen LogP contribution < -0.4 is 0 Å². The minimum Gasteiger partial charge on any atom is -0.295 e. The van der Waals surface area contributed by atoms with E-state index >= 15 is 0 Å². The molecule has 0 saturated heterocycles. The second kappa shape index (κ2) is 4.02. The summed E-state index contributed by atoms with van der Waals surface area (Å²) in [6.45, 7) is 0. The van der Waals surface area contributed by atoms with Crippen LogP contribution in [0.2, 0.25) is 5.02 Å². The van der Waals surface area contributed by atoms with Crippen molar-refractivity contribution in [2.45, 2.75) is 0 Å². The Bertz CT molecular complexity index is 303. The van der Waals surface area contributed by atoms with Crippen molar-refractivity contribution in [3.63, 3.8) is 0 Å². The topological polar surface area (TPSA) is 17.1 Å². The van der Waals surface area contributed by atoms with Gasteiger partial charge in [0.25, 0.3) is 0 Å². The Balaban J connectivity index is 2.91. The molecule has 0 amide bonds. The minimum absolute atomic E-state index is 0.161. The highest BCUT2D eigenvalue weighted by molar-refractivity contribution is 6.30. The van der Waals surface area contributed by atoms with Gasteiger partial charge in [0.1, 0.15) is 0 Å². The molecule has 0 atom stereocenters. The summed E-state index contributed by atoms with van der Waals surface area (Å²) in [6.07, 6.45) is 1.30. The van der Waals surface area contributed by atoms with Crippen LogP contribution in [0.3, 0.4) is 0 Å².